The first-order valence-corrected chi connectivity index (χ1v) is 9.29. The fourth-order valence-electron chi connectivity index (χ4n) is 3.38. The van der Waals surface area contributed by atoms with Crippen LogP contribution in [0.1, 0.15) is 24.1 Å². The van der Waals surface area contributed by atoms with Crippen molar-refractivity contribution in [3.05, 3.63) is 35.5 Å². The van der Waals surface area contributed by atoms with E-state index in [-0.39, 0.29) is 11.9 Å². The summed E-state index contributed by atoms with van der Waals surface area (Å²) in [6.07, 6.45) is 1.78. The zero-order valence-electron chi connectivity index (χ0n) is 14.6. The number of amides is 1. The Morgan fingerprint density at radius 1 is 1.32 bits per heavy atom. The number of carbonyl (C=O) groups excluding carboxylic acids is 1. The second-order valence-corrected chi connectivity index (χ2v) is 7.54. The number of hydrogen-bond donors (Lipinski definition) is 1. The number of hydrogen-bond acceptors (Lipinski definition) is 5. The number of thiazole rings is 1. The minimum absolute atomic E-state index is 0.0882. The molecule has 1 N–H and O–H groups in total. The van der Waals surface area contributed by atoms with Crippen LogP contribution >= 0.6 is 11.3 Å². The van der Waals surface area contributed by atoms with Gasteiger partial charge in [-0.25, -0.2) is 4.98 Å². The van der Waals surface area contributed by atoms with Crippen LogP contribution in [0.3, 0.4) is 0 Å². The lowest BCUT2D eigenvalue weighted by Gasteiger charge is -2.32. The monoisotopic (exact) mass is 355 g/mol. The highest BCUT2D eigenvalue weighted by molar-refractivity contribution is 7.22. The molecule has 0 bridgehead atoms. The summed E-state index contributed by atoms with van der Waals surface area (Å²) in [6.45, 7) is 4.76. The maximum absolute atomic E-state index is 13.0. The van der Waals surface area contributed by atoms with Gasteiger partial charge < -0.3 is 5.32 Å². The van der Waals surface area contributed by atoms with Crippen LogP contribution in [0, 0.1) is 13.8 Å². The summed E-state index contributed by atoms with van der Waals surface area (Å²) in [5.41, 5.74) is 3.11. The molecular formula is C18H21N5OS. The van der Waals surface area contributed by atoms with Gasteiger partial charge in [-0.3, -0.25) is 14.4 Å². The number of aryl methyl sites for hydroxylation is 3. The van der Waals surface area contributed by atoms with E-state index in [4.69, 9.17) is 0 Å². The number of aromatic nitrogens is 3. The lowest BCUT2D eigenvalue weighted by molar-refractivity contribution is -0.120. The van der Waals surface area contributed by atoms with Crippen LogP contribution in [0.4, 0.5) is 10.9 Å². The van der Waals surface area contributed by atoms with E-state index in [0.717, 1.165) is 41.5 Å². The number of piperidine rings is 1. The Hall–Kier alpha value is -2.41. The van der Waals surface area contributed by atoms with Crippen molar-refractivity contribution in [2.24, 2.45) is 7.05 Å². The van der Waals surface area contributed by atoms with Gasteiger partial charge in [-0.2, -0.15) is 5.10 Å². The predicted molar refractivity (Wildman–Crippen MR) is 101 cm³/mol. The molecule has 7 heteroatoms. The fourth-order valence-corrected chi connectivity index (χ4v) is 4.37. The summed E-state index contributed by atoms with van der Waals surface area (Å²) >= 11 is 1.61. The molecule has 1 aliphatic rings. The number of nitrogens with zero attached hydrogens (tertiary/aromatic N) is 4. The number of nitrogens with one attached hydrogen (secondary N) is 1. The molecule has 1 fully saturated rings. The van der Waals surface area contributed by atoms with Gasteiger partial charge in [0, 0.05) is 19.7 Å². The van der Waals surface area contributed by atoms with Crippen LogP contribution < -0.4 is 10.2 Å². The van der Waals surface area contributed by atoms with E-state index in [1.807, 2.05) is 37.1 Å². The van der Waals surface area contributed by atoms with Crippen molar-refractivity contribution in [3.63, 3.8) is 0 Å². The van der Waals surface area contributed by atoms with Crippen molar-refractivity contribution in [1.29, 1.82) is 0 Å². The second-order valence-electron chi connectivity index (χ2n) is 6.54. The first-order chi connectivity index (χ1) is 12.0. The maximum Gasteiger partial charge on any atom is 0.250 e. The topological polar surface area (TPSA) is 63.1 Å². The van der Waals surface area contributed by atoms with E-state index >= 15 is 0 Å². The van der Waals surface area contributed by atoms with Gasteiger partial charge in [0.05, 0.1) is 15.9 Å². The van der Waals surface area contributed by atoms with Crippen molar-refractivity contribution >= 4 is 38.4 Å². The van der Waals surface area contributed by atoms with Gasteiger partial charge in [0.2, 0.25) is 0 Å². The largest absolute Gasteiger partial charge is 0.350 e. The van der Waals surface area contributed by atoms with Gasteiger partial charge in [-0.05, 0) is 38.3 Å². The van der Waals surface area contributed by atoms with E-state index < -0.39 is 0 Å². The van der Waals surface area contributed by atoms with E-state index in [2.05, 4.69) is 28.4 Å². The van der Waals surface area contributed by atoms with Crippen molar-refractivity contribution in [2.45, 2.75) is 32.7 Å². The average molecular weight is 355 g/mol. The molecule has 1 saturated heterocycles. The van der Waals surface area contributed by atoms with Crippen molar-refractivity contribution in [1.82, 2.24) is 14.8 Å². The molecule has 1 unspecified atom stereocenters. The Bertz CT molecular complexity index is 944. The third-order valence-electron chi connectivity index (χ3n) is 4.60. The lowest BCUT2D eigenvalue weighted by atomic mass is 10.1. The van der Waals surface area contributed by atoms with Gasteiger partial charge in [0.25, 0.3) is 5.91 Å². The highest BCUT2D eigenvalue weighted by atomic mass is 32.1. The fraction of sp³-hybridized carbons (Fsp3) is 0.389. The second kappa shape index (κ2) is 6.15. The number of carbonyl (C=O) groups is 1. The van der Waals surface area contributed by atoms with Gasteiger partial charge in [0.15, 0.2) is 5.13 Å². The summed E-state index contributed by atoms with van der Waals surface area (Å²) in [5, 5.41) is 8.53. The van der Waals surface area contributed by atoms with E-state index in [9.17, 15) is 4.79 Å². The molecule has 3 heterocycles. The quantitative estimate of drug-likeness (QED) is 0.783. The van der Waals surface area contributed by atoms with Crippen molar-refractivity contribution in [2.75, 3.05) is 16.8 Å². The summed E-state index contributed by atoms with van der Waals surface area (Å²) in [6, 6.07) is 7.82. The van der Waals surface area contributed by atoms with Gasteiger partial charge in [0.1, 0.15) is 11.9 Å². The molecule has 0 aliphatic carbocycles. The molecule has 4 rings (SSSR count). The van der Waals surface area contributed by atoms with E-state index in [1.165, 1.54) is 10.3 Å². The molecule has 25 heavy (non-hydrogen) atoms. The zero-order valence-corrected chi connectivity index (χ0v) is 15.4. The minimum atomic E-state index is -0.246. The van der Waals surface area contributed by atoms with Gasteiger partial charge in [-0.1, -0.05) is 23.5 Å². The first kappa shape index (κ1) is 16.1. The summed E-state index contributed by atoms with van der Waals surface area (Å²) < 4.78 is 2.95. The average Bonchev–Trinajstić information content (AvgIpc) is 3.13. The van der Waals surface area contributed by atoms with Crippen molar-refractivity contribution < 1.29 is 4.79 Å². The maximum atomic E-state index is 13.0. The highest BCUT2D eigenvalue weighted by Gasteiger charge is 2.31. The third kappa shape index (κ3) is 2.89. The molecule has 0 spiro atoms. The predicted octanol–water partition coefficient (Wildman–Crippen LogP) is 3.25. The summed E-state index contributed by atoms with van der Waals surface area (Å²) in [5.74, 6) is 0.944. The van der Waals surface area contributed by atoms with Gasteiger partial charge >= 0.3 is 0 Å². The summed E-state index contributed by atoms with van der Waals surface area (Å²) in [4.78, 5) is 19.4. The molecule has 1 amide bonds. The van der Waals surface area contributed by atoms with Crippen LogP contribution in [0.15, 0.2) is 24.3 Å². The number of anilines is 2. The molecule has 130 valence electrons. The molecule has 2 aromatic heterocycles. The van der Waals surface area contributed by atoms with Crippen LogP contribution in [0.25, 0.3) is 10.2 Å². The van der Waals surface area contributed by atoms with E-state index in [0.29, 0.717) is 0 Å². The molecule has 6 nitrogen and oxygen atoms in total. The van der Waals surface area contributed by atoms with Gasteiger partial charge in [-0.15, -0.1) is 0 Å². The molecule has 1 aliphatic heterocycles. The summed E-state index contributed by atoms with van der Waals surface area (Å²) in [7, 11) is 1.88. The molecule has 3 aromatic rings. The number of fused-ring (bicyclic) bond motifs is 1. The van der Waals surface area contributed by atoms with Crippen molar-refractivity contribution in [3.8, 4) is 0 Å². The Morgan fingerprint density at radius 2 is 2.16 bits per heavy atom. The molecular weight excluding hydrogens is 334 g/mol. The zero-order chi connectivity index (χ0) is 17.6. The number of rotatable bonds is 3. The van der Waals surface area contributed by atoms with Crippen LogP contribution in [-0.2, 0) is 11.8 Å². The smallest absolute Gasteiger partial charge is 0.250 e. The molecule has 1 atom stereocenters. The Morgan fingerprint density at radius 3 is 2.88 bits per heavy atom. The Kier molecular flexibility index (Phi) is 3.95. The first-order valence-electron chi connectivity index (χ1n) is 8.47. The van der Waals surface area contributed by atoms with Crippen LogP contribution in [-0.4, -0.2) is 33.3 Å². The molecule has 0 saturated carbocycles. The molecule has 0 radical (unpaired) electrons. The normalized spacial score (nSPS) is 18.1. The van der Waals surface area contributed by atoms with Crippen LogP contribution in [0.2, 0.25) is 0 Å². The lowest BCUT2D eigenvalue weighted by Crippen LogP contribution is -2.48. The third-order valence-corrected chi connectivity index (χ3v) is 5.74. The minimum Gasteiger partial charge on any atom is -0.350 e. The highest BCUT2D eigenvalue weighted by Crippen LogP contribution is 2.30. The van der Waals surface area contributed by atoms with Crippen LogP contribution in [0.5, 0.6) is 0 Å². The Balaban J connectivity index is 1.58. The number of benzene rings is 1. The Labute approximate surface area is 150 Å². The van der Waals surface area contributed by atoms with E-state index in [1.54, 1.807) is 16.0 Å². The standard InChI is InChI=1S/C18H21N5OS/c1-11-6-4-7-13-16(11)25-18(19-13)20-14-8-5-9-23(17(14)24)15-10-12(2)21-22(15)3/h4,6-7,10,14H,5,8-9H2,1-3H3,(H,19,20). The molecule has 1 aromatic carbocycles. The SMILES string of the molecule is Cc1cc(N2CCCC(Nc3nc4cccc(C)c4s3)C2=O)n(C)n1.